The van der Waals surface area contributed by atoms with E-state index in [0.29, 0.717) is 0 Å². The molecule has 102 valence electrons. The third-order valence-electron chi connectivity index (χ3n) is 2.78. The van der Waals surface area contributed by atoms with Gasteiger partial charge in [-0.3, -0.25) is 9.59 Å². The van der Waals surface area contributed by atoms with Gasteiger partial charge in [-0.15, -0.1) is 11.8 Å². The van der Waals surface area contributed by atoms with Gasteiger partial charge in [0.05, 0.1) is 4.91 Å². The van der Waals surface area contributed by atoms with E-state index in [2.05, 4.69) is 5.32 Å². The second-order valence-electron chi connectivity index (χ2n) is 4.37. The molecule has 1 amide bonds. The fraction of sp³-hybridized carbons (Fsp3) is 0.692. The molecule has 0 aromatic rings. The molecule has 1 heterocycles. The lowest BCUT2D eigenvalue weighted by atomic mass is 10.1. The maximum Gasteiger partial charge on any atom is 0.303 e. The molecule has 1 aliphatic rings. The fourth-order valence-electron chi connectivity index (χ4n) is 1.80. The quantitative estimate of drug-likeness (QED) is 0.632. The molecule has 4 nitrogen and oxygen atoms in total. The normalized spacial score (nSPS) is 14.3. The molecule has 1 rings (SSSR count). The summed E-state index contributed by atoms with van der Waals surface area (Å²) >= 11 is 1.62. The number of aliphatic carboxylic acids is 1. The lowest BCUT2D eigenvalue weighted by Gasteiger charge is -2.05. The molecule has 2 N–H and O–H groups in total. The van der Waals surface area contributed by atoms with E-state index in [1.54, 1.807) is 11.8 Å². The molecule has 0 spiro atoms. The summed E-state index contributed by atoms with van der Waals surface area (Å²) in [7, 11) is 0. The number of hydrogen-bond donors (Lipinski definition) is 2. The minimum Gasteiger partial charge on any atom is -0.481 e. The van der Waals surface area contributed by atoms with Crippen molar-refractivity contribution in [2.24, 2.45) is 0 Å². The average Bonchev–Trinajstić information content (AvgIpc) is 2.85. The predicted molar refractivity (Wildman–Crippen MR) is 73.5 cm³/mol. The van der Waals surface area contributed by atoms with Gasteiger partial charge >= 0.3 is 5.97 Å². The molecule has 0 aliphatic carbocycles. The molecule has 5 heteroatoms. The Hall–Kier alpha value is -0.970. The lowest BCUT2D eigenvalue weighted by Crippen LogP contribution is -2.24. The Morgan fingerprint density at radius 1 is 1.22 bits per heavy atom. The molecule has 0 saturated heterocycles. The number of allylic oxidation sites excluding steroid dienone is 1. The highest BCUT2D eigenvalue weighted by atomic mass is 32.2. The van der Waals surface area contributed by atoms with Crippen LogP contribution in [-0.4, -0.2) is 29.3 Å². The minimum atomic E-state index is -0.718. The van der Waals surface area contributed by atoms with Crippen molar-refractivity contribution in [3.05, 3.63) is 11.0 Å². The SMILES string of the molecule is O=C(O)CCCCCCCNC(=O)C1=CCCS1. The molecule has 0 aromatic carbocycles. The summed E-state index contributed by atoms with van der Waals surface area (Å²) in [5.74, 6) is 0.361. The van der Waals surface area contributed by atoms with E-state index in [0.717, 1.165) is 55.7 Å². The molecule has 0 radical (unpaired) electrons. The Morgan fingerprint density at radius 2 is 1.94 bits per heavy atom. The molecule has 0 unspecified atom stereocenters. The first-order valence-electron chi connectivity index (χ1n) is 6.53. The Bertz CT molecular complexity index is 315. The van der Waals surface area contributed by atoms with Crippen LogP contribution in [0.1, 0.15) is 44.9 Å². The van der Waals surface area contributed by atoms with Gasteiger partial charge in [0.15, 0.2) is 0 Å². The number of carbonyl (C=O) groups excluding carboxylic acids is 1. The van der Waals surface area contributed by atoms with Crippen molar-refractivity contribution >= 4 is 23.6 Å². The van der Waals surface area contributed by atoms with Gasteiger partial charge in [0.25, 0.3) is 5.91 Å². The zero-order chi connectivity index (χ0) is 13.2. The molecule has 1 aliphatic heterocycles. The van der Waals surface area contributed by atoms with Crippen LogP contribution in [0.4, 0.5) is 0 Å². The summed E-state index contributed by atoms with van der Waals surface area (Å²) in [6, 6.07) is 0. The van der Waals surface area contributed by atoms with E-state index in [9.17, 15) is 9.59 Å². The maximum absolute atomic E-state index is 11.6. The Kier molecular flexibility index (Phi) is 7.57. The van der Waals surface area contributed by atoms with E-state index < -0.39 is 5.97 Å². The standard InChI is InChI=1S/C13H21NO3S/c15-12(16)8-4-2-1-3-5-9-14-13(17)11-7-6-10-18-11/h7H,1-6,8-10H2,(H,14,17)(H,15,16). The van der Waals surface area contributed by atoms with E-state index in [1.165, 1.54) is 0 Å². The van der Waals surface area contributed by atoms with E-state index in [4.69, 9.17) is 5.11 Å². The first-order chi connectivity index (χ1) is 8.70. The summed E-state index contributed by atoms with van der Waals surface area (Å²) in [6.07, 6.45) is 8.03. The van der Waals surface area contributed by atoms with Crippen LogP contribution in [0.25, 0.3) is 0 Å². The van der Waals surface area contributed by atoms with Gasteiger partial charge in [-0.05, 0) is 19.3 Å². The van der Waals surface area contributed by atoms with Gasteiger partial charge in [0, 0.05) is 18.7 Å². The van der Waals surface area contributed by atoms with Crippen LogP contribution in [0.3, 0.4) is 0 Å². The van der Waals surface area contributed by atoms with Crippen LogP contribution in [-0.2, 0) is 9.59 Å². The van der Waals surface area contributed by atoms with Gasteiger partial charge in [0.2, 0.25) is 0 Å². The third kappa shape index (κ3) is 6.69. The number of carboxylic acids is 1. The molecular formula is C13H21NO3S. The van der Waals surface area contributed by atoms with Gasteiger partial charge in [0.1, 0.15) is 0 Å². The molecule has 0 atom stereocenters. The zero-order valence-corrected chi connectivity index (χ0v) is 11.4. The molecule has 0 bridgehead atoms. The maximum atomic E-state index is 11.6. The monoisotopic (exact) mass is 271 g/mol. The first kappa shape index (κ1) is 15.1. The Balaban J connectivity index is 1.89. The summed E-state index contributed by atoms with van der Waals surface area (Å²) in [5.41, 5.74) is 0. The topological polar surface area (TPSA) is 66.4 Å². The van der Waals surface area contributed by atoms with Crippen molar-refractivity contribution in [3.8, 4) is 0 Å². The molecular weight excluding hydrogens is 250 g/mol. The third-order valence-corrected chi connectivity index (χ3v) is 3.88. The summed E-state index contributed by atoms with van der Waals surface area (Å²) in [6.45, 7) is 0.718. The Labute approximate surface area is 112 Å². The second-order valence-corrected chi connectivity index (χ2v) is 5.51. The van der Waals surface area contributed by atoms with Gasteiger partial charge in [-0.25, -0.2) is 0 Å². The molecule has 0 fully saturated rings. The average molecular weight is 271 g/mol. The van der Waals surface area contributed by atoms with E-state index in [-0.39, 0.29) is 12.3 Å². The molecule has 0 aromatic heterocycles. The second kappa shape index (κ2) is 9.03. The van der Waals surface area contributed by atoms with Crippen LogP contribution in [0.2, 0.25) is 0 Å². The highest BCUT2D eigenvalue weighted by Gasteiger charge is 2.12. The van der Waals surface area contributed by atoms with Crippen LogP contribution >= 0.6 is 11.8 Å². The number of hydrogen-bond acceptors (Lipinski definition) is 3. The van der Waals surface area contributed by atoms with Crippen LogP contribution in [0.15, 0.2) is 11.0 Å². The zero-order valence-electron chi connectivity index (χ0n) is 10.6. The molecule has 0 saturated carbocycles. The van der Waals surface area contributed by atoms with Crippen LogP contribution in [0.5, 0.6) is 0 Å². The van der Waals surface area contributed by atoms with Crippen molar-refractivity contribution in [1.29, 1.82) is 0 Å². The summed E-state index contributed by atoms with van der Waals surface area (Å²) in [4.78, 5) is 22.7. The van der Waals surface area contributed by atoms with Crippen molar-refractivity contribution in [3.63, 3.8) is 0 Å². The number of unbranched alkanes of at least 4 members (excludes halogenated alkanes) is 4. The lowest BCUT2D eigenvalue weighted by molar-refractivity contribution is -0.137. The van der Waals surface area contributed by atoms with E-state index in [1.807, 2.05) is 6.08 Å². The largest absolute Gasteiger partial charge is 0.481 e. The minimum absolute atomic E-state index is 0.0587. The number of carboxylic acid groups (broad SMARTS) is 1. The highest BCUT2D eigenvalue weighted by Crippen LogP contribution is 2.24. The van der Waals surface area contributed by atoms with Crippen molar-refractivity contribution < 1.29 is 14.7 Å². The van der Waals surface area contributed by atoms with Crippen LogP contribution < -0.4 is 5.32 Å². The number of amides is 1. The molecule has 18 heavy (non-hydrogen) atoms. The predicted octanol–water partition coefficient (Wildman–Crippen LogP) is 2.55. The summed E-state index contributed by atoms with van der Waals surface area (Å²) < 4.78 is 0. The van der Waals surface area contributed by atoms with E-state index >= 15 is 0 Å². The number of thioether (sulfide) groups is 1. The van der Waals surface area contributed by atoms with Gasteiger partial charge in [-0.2, -0.15) is 0 Å². The van der Waals surface area contributed by atoms with Crippen LogP contribution in [0, 0.1) is 0 Å². The van der Waals surface area contributed by atoms with Gasteiger partial charge in [-0.1, -0.05) is 25.3 Å². The number of rotatable bonds is 9. The number of carbonyl (C=O) groups is 2. The van der Waals surface area contributed by atoms with Crippen molar-refractivity contribution in [2.75, 3.05) is 12.3 Å². The highest BCUT2D eigenvalue weighted by molar-refractivity contribution is 8.04. The van der Waals surface area contributed by atoms with Crippen molar-refractivity contribution in [2.45, 2.75) is 44.9 Å². The van der Waals surface area contributed by atoms with Crippen molar-refractivity contribution in [1.82, 2.24) is 5.32 Å². The van der Waals surface area contributed by atoms with Gasteiger partial charge < -0.3 is 10.4 Å². The Morgan fingerprint density at radius 3 is 2.61 bits per heavy atom. The smallest absolute Gasteiger partial charge is 0.303 e. The first-order valence-corrected chi connectivity index (χ1v) is 7.51. The fourth-order valence-corrected chi connectivity index (χ4v) is 2.69. The number of nitrogens with one attached hydrogen (secondary N) is 1. The summed E-state index contributed by atoms with van der Waals surface area (Å²) in [5, 5.41) is 11.4.